The lowest BCUT2D eigenvalue weighted by molar-refractivity contribution is -0.385. The van der Waals surface area contributed by atoms with E-state index in [1.165, 1.54) is 13.0 Å². The summed E-state index contributed by atoms with van der Waals surface area (Å²) < 4.78 is 0. The van der Waals surface area contributed by atoms with Crippen molar-refractivity contribution in [1.82, 2.24) is 0 Å². The van der Waals surface area contributed by atoms with E-state index >= 15 is 0 Å². The molecule has 2 aromatic rings. The van der Waals surface area contributed by atoms with Gasteiger partial charge in [-0.2, -0.15) is 0 Å². The molecule has 118 valence electrons. The number of nitrogens with one attached hydrogen (secondary N) is 2. The number of Topliss-reactive ketones (excluding diaryl/α,β-unsaturated/α-hetero) is 1. The van der Waals surface area contributed by atoms with Crippen molar-refractivity contribution in [3.8, 4) is 0 Å². The molecular formula is C16H15N3O3S. The third-order valence-corrected chi connectivity index (χ3v) is 3.50. The maximum Gasteiger partial charge on any atom is 0.274 e. The largest absolute Gasteiger partial charge is 0.332 e. The zero-order valence-corrected chi connectivity index (χ0v) is 13.4. The fraction of sp³-hybridized carbons (Fsp3) is 0.125. The second kappa shape index (κ2) is 6.97. The van der Waals surface area contributed by atoms with Gasteiger partial charge in [-0.15, -0.1) is 0 Å². The Bertz CT molecular complexity index is 773. The zero-order chi connectivity index (χ0) is 17.0. The summed E-state index contributed by atoms with van der Waals surface area (Å²) in [5, 5.41) is 17.2. The topological polar surface area (TPSA) is 84.3 Å². The van der Waals surface area contributed by atoms with Crippen LogP contribution in [0.1, 0.15) is 22.8 Å². The number of carbonyl (C=O) groups excluding carboxylic acids is 1. The van der Waals surface area contributed by atoms with Gasteiger partial charge in [0.15, 0.2) is 10.9 Å². The third kappa shape index (κ3) is 4.10. The van der Waals surface area contributed by atoms with Crippen molar-refractivity contribution < 1.29 is 9.72 Å². The van der Waals surface area contributed by atoms with Gasteiger partial charge in [0.25, 0.3) is 5.69 Å². The molecule has 2 N–H and O–H groups in total. The molecule has 0 amide bonds. The van der Waals surface area contributed by atoms with Crippen LogP contribution in [0.5, 0.6) is 0 Å². The second-order valence-corrected chi connectivity index (χ2v) is 5.33. The summed E-state index contributed by atoms with van der Waals surface area (Å²) in [5.74, 6) is -0.00975. The van der Waals surface area contributed by atoms with Gasteiger partial charge in [0.1, 0.15) is 0 Å². The number of carbonyl (C=O) groups is 1. The van der Waals surface area contributed by atoms with Gasteiger partial charge < -0.3 is 10.6 Å². The maximum atomic E-state index is 11.2. The molecule has 0 aliphatic carbocycles. The molecule has 0 bridgehead atoms. The molecule has 0 saturated carbocycles. The Labute approximate surface area is 138 Å². The van der Waals surface area contributed by atoms with Crippen LogP contribution in [0.3, 0.4) is 0 Å². The number of hydrogen-bond donors (Lipinski definition) is 2. The van der Waals surface area contributed by atoms with E-state index in [2.05, 4.69) is 10.6 Å². The number of benzene rings is 2. The Hall–Kier alpha value is -2.80. The summed E-state index contributed by atoms with van der Waals surface area (Å²) >= 11 is 5.21. The van der Waals surface area contributed by atoms with Gasteiger partial charge in [0.2, 0.25) is 0 Å². The van der Waals surface area contributed by atoms with Crippen LogP contribution in [0.15, 0.2) is 42.5 Å². The Kier molecular flexibility index (Phi) is 5.02. The fourth-order valence-corrected chi connectivity index (χ4v) is 2.26. The van der Waals surface area contributed by atoms with E-state index in [-0.39, 0.29) is 11.5 Å². The summed E-state index contributed by atoms with van der Waals surface area (Å²) in [6.45, 7) is 3.16. The van der Waals surface area contributed by atoms with Crippen molar-refractivity contribution in [2.45, 2.75) is 13.8 Å². The number of rotatable bonds is 4. The number of hydrogen-bond acceptors (Lipinski definition) is 4. The van der Waals surface area contributed by atoms with E-state index < -0.39 is 4.92 Å². The SMILES string of the molecule is CC(=O)c1ccc(NC(=S)Nc2cccc([N+](=O)[O-])c2C)cc1. The normalized spacial score (nSPS) is 10.0. The minimum absolute atomic E-state index is 0.00975. The highest BCUT2D eigenvalue weighted by molar-refractivity contribution is 7.80. The highest BCUT2D eigenvalue weighted by Crippen LogP contribution is 2.25. The molecular weight excluding hydrogens is 314 g/mol. The summed E-state index contributed by atoms with van der Waals surface area (Å²) in [6, 6.07) is 11.6. The highest BCUT2D eigenvalue weighted by atomic mass is 32.1. The van der Waals surface area contributed by atoms with E-state index in [1.54, 1.807) is 43.3 Å². The highest BCUT2D eigenvalue weighted by Gasteiger charge is 2.13. The number of thiocarbonyl (C=S) groups is 1. The first-order chi connectivity index (χ1) is 10.9. The summed E-state index contributed by atoms with van der Waals surface area (Å²) in [7, 11) is 0. The van der Waals surface area contributed by atoms with Crippen molar-refractivity contribution in [2.75, 3.05) is 10.6 Å². The predicted molar refractivity (Wildman–Crippen MR) is 94.1 cm³/mol. The van der Waals surface area contributed by atoms with Gasteiger partial charge in [-0.1, -0.05) is 6.07 Å². The maximum absolute atomic E-state index is 11.2. The third-order valence-electron chi connectivity index (χ3n) is 3.30. The van der Waals surface area contributed by atoms with Crippen molar-refractivity contribution >= 4 is 40.2 Å². The van der Waals surface area contributed by atoms with Gasteiger partial charge in [0, 0.05) is 17.3 Å². The van der Waals surface area contributed by atoms with Crippen LogP contribution >= 0.6 is 12.2 Å². The molecule has 0 radical (unpaired) electrons. The Morgan fingerprint density at radius 2 is 1.78 bits per heavy atom. The standard InChI is InChI=1S/C16H15N3O3S/c1-10-14(4-3-5-15(10)19(21)22)18-16(23)17-13-8-6-12(7-9-13)11(2)20/h3-9H,1-2H3,(H2,17,18,23). The van der Waals surface area contributed by atoms with E-state index in [1.807, 2.05) is 0 Å². The Balaban J connectivity index is 2.09. The number of nitro benzene ring substituents is 1. The van der Waals surface area contributed by atoms with E-state index in [4.69, 9.17) is 12.2 Å². The monoisotopic (exact) mass is 329 g/mol. The van der Waals surface area contributed by atoms with Crippen LogP contribution in [0.2, 0.25) is 0 Å². The fourth-order valence-electron chi connectivity index (χ4n) is 2.03. The van der Waals surface area contributed by atoms with Gasteiger partial charge in [-0.3, -0.25) is 14.9 Å². The lowest BCUT2D eigenvalue weighted by atomic mass is 10.1. The lowest BCUT2D eigenvalue weighted by Crippen LogP contribution is -2.19. The van der Waals surface area contributed by atoms with Crippen molar-refractivity contribution in [1.29, 1.82) is 0 Å². The second-order valence-electron chi connectivity index (χ2n) is 4.92. The molecule has 0 atom stereocenters. The minimum atomic E-state index is -0.433. The molecule has 23 heavy (non-hydrogen) atoms. The van der Waals surface area contributed by atoms with Gasteiger partial charge >= 0.3 is 0 Å². The van der Waals surface area contributed by atoms with Crippen LogP contribution in [0.4, 0.5) is 17.1 Å². The molecule has 0 aliphatic rings. The van der Waals surface area contributed by atoms with Crippen LogP contribution in [0, 0.1) is 17.0 Å². The summed E-state index contributed by atoms with van der Waals surface area (Å²) in [6.07, 6.45) is 0. The average Bonchev–Trinajstić information content (AvgIpc) is 2.49. The molecule has 0 fully saturated rings. The van der Waals surface area contributed by atoms with Gasteiger partial charge in [-0.05, 0) is 56.4 Å². The van der Waals surface area contributed by atoms with Crippen LogP contribution in [0.25, 0.3) is 0 Å². The number of nitro groups is 1. The number of nitrogens with zero attached hydrogens (tertiary/aromatic N) is 1. The number of ketones is 1. The molecule has 0 unspecified atom stereocenters. The van der Waals surface area contributed by atoms with Crippen LogP contribution in [-0.4, -0.2) is 15.8 Å². The van der Waals surface area contributed by atoms with Gasteiger partial charge in [0.05, 0.1) is 16.2 Å². The first-order valence-electron chi connectivity index (χ1n) is 6.81. The van der Waals surface area contributed by atoms with E-state index in [0.717, 1.165) is 5.69 Å². The first-order valence-corrected chi connectivity index (χ1v) is 7.22. The molecule has 0 aliphatic heterocycles. The molecule has 0 heterocycles. The average molecular weight is 329 g/mol. The minimum Gasteiger partial charge on any atom is -0.332 e. The molecule has 2 aromatic carbocycles. The molecule has 0 saturated heterocycles. The molecule has 6 nitrogen and oxygen atoms in total. The molecule has 2 rings (SSSR count). The van der Waals surface area contributed by atoms with Crippen molar-refractivity contribution in [2.24, 2.45) is 0 Å². The smallest absolute Gasteiger partial charge is 0.274 e. The lowest BCUT2D eigenvalue weighted by Gasteiger charge is -2.12. The van der Waals surface area contributed by atoms with Crippen molar-refractivity contribution in [3.63, 3.8) is 0 Å². The number of anilines is 2. The van der Waals surface area contributed by atoms with Crippen LogP contribution in [-0.2, 0) is 0 Å². The van der Waals surface area contributed by atoms with Gasteiger partial charge in [-0.25, -0.2) is 0 Å². The molecule has 7 heteroatoms. The summed E-state index contributed by atoms with van der Waals surface area (Å²) in [4.78, 5) is 21.7. The summed E-state index contributed by atoms with van der Waals surface area (Å²) in [5.41, 5.74) is 2.44. The predicted octanol–water partition coefficient (Wildman–Crippen LogP) is 3.91. The Morgan fingerprint density at radius 1 is 1.13 bits per heavy atom. The van der Waals surface area contributed by atoms with Crippen molar-refractivity contribution in [3.05, 3.63) is 63.7 Å². The van der Waals surface area contributed by atoms with Crippen LogP contribution < -0.4 is 10.6 Å². The zero-order valence-electron chi connectivity index (χ0n) is 12.6. The molecule has 0 aromatic heterocycles. The Morgan fingerprint density at radius 3 is 2.35 bits per heavy atom. The van der Waals surface area contributed by atoms with E-state index in [9.17, 15) is 14.9 Å². The van der Waals surface area contributed by atoms with E-state index in [0.29, 0.717) is 21.9 Å². The first kappa shape index (κ1) is 16.6. The molecule has 0 spiro atoms. The quantitative estimate of drug-likeness (QED) is 0.383.